The average molecular weight is 461 g/mol. The van der Waals surface area contributed by atoms with Gasteiger partial charge in [-0.1, -0.05) is 11.6 Å². The molecule has 9 nitrogen and oxygen atoms in total. The monoisotopic (exact) mass is 460 g/mol. The summed E-state index contributed by atoms with van der Waals surface area (Å²) in [7, 11) is -3.95. The zero-order chi connectivity index (χ0) is 21.6. The Bertz CT molecular complexity index is 866. The number of halogens is 1. The number of esters is 1. The van der Waals surface area contributed by atoms with Crippen LogP contribution in [0.4, 0.5) is 0 Å². The van der Waals surface area contributed by atoms with Crippen molar-refractivity contribution >= 4 is 33.5 Å². The van der Waals surface area contributed by atoms with Crippen molar-refractivity contribution in [3.8, 4) is 0 Å². The van der Waals surface area contributed by atoms with Gasteiger partial charge in [0.15, 0.2) is 6.61 Å². The van der Waals surface area contributed by atoms with Gasteiger partial charge in [-0.15, -0.1) is 0 Å². The zero-order valence-electron chi connectivity index (χ0n) is 16.4. The highest BCUT2D eigenvalue weighted by Gasteiger charge is 2.24. The lowest BCUT2D eigenvalue weighted by Gasteiger charge is -2.13. The molecule has 2 unspecified atom stereocenters. The van der Waals surface area contributed by atoms with Crippen molar-refractivity contribution in [2.45, 2.75) is 42.8 Å². The fraction of sp³-hybridized carbons (Fsp3) is 0.579. The molecule has 0 spiro atoms. The van der Waals surface area contributed by atoms with E-state index in [1.807, 2.05) is 0 Å². The van der Waals surface area contributed by atoms with Crippen LogP contribution in [-0.4, -0.2) is 65.4 Å². The van der Waals surface area contributed by atoms with Crippen LogP contribution in [0.2, 0.25) is 5.02 Å². The van der Waals surface area contributed by atoms with Gasteiger partial charge in [0.25, 0.3) is 5.91 Å². The Kier molecular flexibility index (Phi) is 8.06. The van der Waals surface area contributed by atoms with Gasteiger partial charge < -0.3 is 19.5 Å². The van der Waals surface area contributed by atoms with E-state index in [4.69, 9.17) is 25.8 Å². The Morgan fingerprint density at radius 1 is 1.10 bits per heavy atom. The van der Waals surface area contributed by atoms with Gasteiger partial charge in [0.05, 0.1) is 22.8 Å². The summed E-state index contributed by atoms with van der Waals surface area (Å²) in [6.07, 6.45) is 3.30. The van der Waals surface area contributed by atoms with E-state index in [9.17, 15) is 18.0 Å². The number of carbonyl (C=O) groups excluding carboxylic acids is 2. The summed E-state index contributed by atoms with van der Waals surface area (Å²) in [5, 5.41) is 2.61. The topological polar surface area (TPSA) is 120 Å². The Morgan fingerprint density at radius 3 is 2.40 bits per heavy atom. The molecular formula is C19H25ClN2O7S. The molecule has 0 radical (unpaired) electrons. The molecule has 11 heteroatoms. The number of carbonyl (C=O) groups is 2. The maximum absolute atomic E-state index is 12.6. The highest BCUT2D eigenvalue weighted by atomic mass is 35.5. The summed E-state index contributed by atoms with van der Waals surface area (Å²) in [5.41, 5.74) is -0.0242. The summed E-state index contributed by atoms with van der Waals surface area (Å²) in [6.45, 7) is 1.29. The molecule has 2 N–H and O–H groups in total. The molecule has 2 fully saturated rings. The van der Waals surface area contributed by atoms with E-state index in [0.29, 0.717) is 19.8 Å². The molecule has 2 aliphatic rings. The lowest BCUT2D eigenvalue weighted by atomic mass is 10.2. The van der Waals surface area contributed by atoms with Crippen molar-refractivity contribution in [2.24, 2.45) is 0 Å². The number of hydrogen-bond acceptors (Lipinski definition) is 7. The van der Waals surface area contributed by atoms with E-state index in [1.165, 1.54) is 12.1 Å². The third-order valence-electron chi connectivity index (χ3n) is 4.87. The van der Waals surface area contributed by atoms with E-state index in [-0.39, 0.29) is 34.2 Å². The first-order valence-corrected chi connectivity index (χ1v) is 11.7. The molecule has 2 heterocycles. The highest BCUT2D eigenvalue weighted by Crippen LogP contribution is 2.23. The van der Waals surface area contributed by atoms with Gasteiger partial charge in [0, 0.05) is 26.3 Å². The second kappa shape index (κ2) is 10.5. The fourth-order valence-electron chi connectivity index (χ4n) is 3.22. The van der Waals surface area contributed by atoms with Crippen molar-refractivity contribution < 1.29 is 32.2 Å². The summed E-state index contributed by atoms with van der Waals surface area (Å²) >= 11 is 6.03. The number of ether oxygens (including phenoxy) is 3. The Hall–Kier alpha value is -1.72. The Labute approximate surface area is 180 Å². The maximum Gasteiger partial charge on any atom is 0.338 e. The number of hydrogen-bond donors (Lipinski definition) is 2. The minimum absolute atomic E-state index is 0.0178. The summed E-state index contributed by atoms with van der Waals surface area (Å²) in [5.74, 6) is -1.28. The molecule has 2 atom stereocenters. The van der Waals surface area contributed by atoms with Crippen LogP contribution in [0.15, 0.2) is 23.1 Å². The molecule has 0 saturated carbocycles. The number of amides is 1. The van der Waals surface area contributed by atoms with E-state index in [1.54, 1.807) is 0 Å². The van der Waals surface area contributed by atoms with Gasteiger partial charge in [-0.25, -0.2) is 17.9 Å². The van der Waals surface area contributed by atoms with E-state index < -0.39 is 28.5 Å². The summed E-state index contributed by atoms with van der Waals surface area (Å²) in [4.78, 5) is 23.9. The molecular weight excluding hydrogens is 436 g/mol. The first-order chi connectivity index (χ1) is 14.3. The third kappa shape index (κ3) is 6.39. The average Bonchev–Trinajstić information content (AvgIpc) is 3.43. The summed E-state index contributed by atoms with van der Waals surface area (Å²) < 4.78 is 43.4. The summed E-state index contributed by atoms with van der Waals surface area (Å²) in [6, 6.07) is 3.77. The Balaban J connectivity index is 1.54. The van der Waals surface area contributed by atoms with Crippen LogP contribution in [0, 0.1) is 0 Å². The quantitative estimate of drug-likeness (QED) is 0.532. The molecule has 2 saturated heterocycles. The second-order valence-electron chi connectivity index (χ2n) is 7.15. The number of benzene rings is 1. The molecule has 2 aliphatic heterocycles. The molecule has 1 amide bonds. The van der Waals surface area contributed by atoms with Gasteiger partial charge in [-0.2, -0.15) is 0 Å². The van der Waals surface area contributed by atoms with E-state index in [0.717, 1.165) is 31.7 Å². The molecule has 30 heavy (non-hydrogen) atoms. The van der Waals surface area contributed by atoms with Crippen molar-refractivity contribution in [2.75, 3.05) is 32.9 Å². The Morgan fingerprint density at radius 2 is 1.77 bits per heavy atom. The van der Waals surface area contributed by atoms with Crippen LogP contribution in [0.25, 0.3) is 0 Å². The van der Waals surface area contributed by atoms with Crippen LogP contribution in [0.1, 0.15) is 36.0 Å². The van der Waals surface area contributed by atoms with Gasteiger partial charge in [0.2, 0.25) is 10.0 Å². The molecule has 0 bridgehead atoms. The standard InChI is InChI=1S/C19H25ClN2O7S/c20-16-6-5-13(9-17(16)30(25,26)22-11-15-4-2-8-28-15)19(24)29-12-18(23)21-10-14-3-1-7-27-14/h5-6,9,14-15,22H,1-4,7-8,10-12H2,(H,21,23). The molecule has 1 aromatic rings. The molecule has 166 valence electrons. The SMILES string of the molecule is O=C(COC(=O)c1ccc(Cl)c(S(=O)(=O)NCC2CCCO2)c1)NCC1CCCO1. The van der Waals surface area contributed by atoms with Gasteiger partial charge >= 0.3 is 5.97 Å². The molecule has 1 aromatic carbocycles. The predicted molar refractivity (Wildman–Crippen MR) is 108 cm³/mol. The lowest BCUT2D eigenvalue weighted by Crippen LogP contribution is -2.34. The molecule has 0 aromatic heterocycles. The van der Waals surface area contributed by atoms with E-state index in [2.05, 4.69) is 10.0 Å². The van der Waals surface area contributed by atoms with Crippen molar-refractivity contribution in [3.05, 3.63) is 28.8 Å². The van der Waals surface area contributed by atoms with Crippen molar-refractivity contribution in [1.29, 1.82) is 0 Å². The first kappa shape index (κ1) is 23.0. The minimum Gasteiger partial charge on any atom is -0.452 e. The van der Waals surface area contributed by atoms with Gasteiger partial charge in [0.1, 0.15) is 4.90 Å². The first-order valence-electron chi connectivity index (χ1n) is 9.81. The van der Waals surface area contributed by atoms with Crippen LogP contribution in [0.5, 0.6) is 0 Å². The molecule has 0 aliphatic carbocycles. The van der Waals surface area contributed by atoms with Crippen LogP contribution >= 0.6 is 11.6 Å². The normalized spacial score (nSPS) is 21.5. The molecule has 3 rings (SSSR count). The number of sulfonamides is 1. The fourth-order valence-corrected chi connectivity index (χ4v) is 4.81. The number of nitrogens with one attached hydrogen (secondary N) is 2. The van der Waals surface area contributed by atoms with Gasteiger partial charge in [-0.3, -0.25) is 4.79 Å². The van der Waals surface area contributed by atoms with E-state index >= 15 is 0 Å². The van der Waals surface area contributed by atoms with Crippen molar-refractivity contribution in [3.63, 3.8) is 0 Å². The third-order valence-corrected chi connectivity index (χ3v) is 6.77. The van der Waals surface area contributed by atoms with Gasteiger partial charge in [-0.05, 0) is 43.9 Å². The zero-order valence-corrected chi connectivity index (χ0v) is 18.0. The number of rotatable bonds is 9. The largest absolute Gasteiger partial charge is 0.452 e. The smallest absolute Gasteiger partial charge is 0.338 e. The van der Waals surface area contributed by atoms with Crippen LogP contribution in [-0.2, 0) is 29.0 Å². The van der Waals surface area contributed by atoms with Crippen LogP contribution < -0.4 is 10.0 Å². The maximum atomic E-state index is 12.6. The minimum atomic E-state index is -3.95. The van der Waals surface area contributed by atoms with Crippen molar-refractivity contribution in [1.82, 2.24) is 10.0 Å². The second-order valence-corrected chi connectivity index (χ2v) is 9.29. The van der Waals surface area contributed by atoms with Crippen LogP contribution in [0.3, 0.4) is 0 Å². The predicted octanol–water partition coefficient (Wildman–Crippen LogP) is 1.25. The highest BCUT2D eigenvalue weighted by molar-refractivity contribution is 7.89. The lowest BCUT2D eigenvalue weighted by molar-refractivity contribution is -0.124.